The highest BCUT2D eigenvalue weighted by Gasteiger charge is 2.22. The molecule has 0 spiro atoms. The van der Waals surface area contributed by atoms with E-state index in [0.717, 1.165) is 47.5 Å². The summed E-state index contributed by atoms with van der Waals surface area (Å²) in [4.78, 5) is 11.4. The van der Waals surface area contributed by atoms with E-state index in [9.17, 15) is 0 Å². The number of nitrogens with one attached hydrogen (secondary N) is 1. The molecular formula is C16H21BrN4O. The molecule has 1 aliphatic heterocycles. The van der Waals surface area contributed by atoms with Crippen molar-refractivity contribution >= 4 is 32.7 Å². The van der Waals surface area contributed by atoms with E-state index < -0.39 is 0 Å². The molecule has 3 rings (SSSR count). The monoisotopic (exact) mass is 364 g/mol. The van der Waals surface area contributed by atoms with Gasteiger partial charge in [0, 0.05) is 42.0 Å². The SMILES string of the molecule is CC(Nc1ccnc2cc(Br)cnc12)C(C)N1CCOCC1. The van der Waals surface area contributed by atoms with Crippen molar-refractivity contribution in [2.45, 2.75) is 25.9 Å². The van der Waals surface area contributed by atoms with Crippen LogP contribution in [0.15, 0.2) is 29.0 Å². The van der Waals surface area contributed by atoms with Crippen LogP contribution in [0.4, 0.5) is 5.69 Å². The number of morpholine rings is 1. The predicted octanol–water partition coefficient (Wildman–Crippen LogP) is 2.91. The zero-order valence-corrected chi connectivity index (χ0v) is 14.5. The number of hydrogen-bond acceptors (Lipinski definition) is 5. The Kier molecular flexibility index (Phi) is 4.90. The third-order valence-corrected chi connectivity index (χ3v) is 4.71. The standard InChI is InChI=1S/C16H21BrN4O/c1-11(12(2)21-5-7-22-8-6-21)20-14-3-4-18-15-9-13(17)10-19-16(14)15/h3-4,9-12H,5-8H2,1-2H3,(H,18,20). The Bertz CT molecular complexity index is 645. The van der Waals surface area contributed by atoms with E-state index in [-0.39, 0.29) is 0 Å². The minimum Gasteiger partial charge on any atom is -0.379 e. The molecule has 3 heterocycles. The van der Waals surface area contributed by atoms with Gasteiger partial charge in [0.25, 0.3) is 0 Å². The quantitative estimate of drug-likeness (QED) is 0.903. The van der Waals surface area contributed by atoms with Crippen molar-refractivity contribution in [3.05, 3.63) is 29.0 Å². The second-order valence-electron chi connectivity index (χ2n) is 5.70. The number of fused-ring (bicyclic) bond motifs is 1. The summed E-state index contributed by atoms with van der Waals surface area (Å²) in [5, 5.41) is 3.60. The van der Waals surface area contributed by atoms with Crippen molar-refractivity contribution < 1.29 is 4.74 Å². The fourth-order valence-electron chi connectivity index (χ4n) is 2.79. The van der Waals surface area contributed by atoms with E-state index in [0.29, 0.717) is 12.1 Å². The molecule has 118 valence electrons. The Morgan fingerprint density at radius 2 is 2.05 bits per heavy atom. The molecule has 2 aromatic rings. The minimum absolute atomic E-state index is 0.314. The summed E-state index contributed by atoms with van der Waals surface area (Å²) in [6, 6.07) is 4.73. The number of halogens is 1. The van der Waals surface area contributed by atoms with Crippen LogP contribution in [-0.4, -0.2) is 53.3 Å². The number of nitrogens with zero attached hydrogens (tertiary/aromatic N) is 3. The molecule has 0 bridgehead atoms. The van der Waals surface area contributed by atoms with Crippen molar-refractivity contribution in [2.24, 2.45) is 0 Å². The maximum Gasteiger partial charge on any atom is 0.112 e. The fourth-order valence-corrected chi connectivity index (χ4v) is 3.11. The second kappa shape index (κ2) is 6.89. The van der Waals surface area contributed by atoms with Crippen LogP contribution in [0.2, 0.25) is 0 Å². The van der Waals surface area contributed by atoms with E-state index in [1.54, 1.807) is 0 Å². The van der Waals surface area contributed by atoms with Crippen LogP contribution in [0.1, 0.15) is 13.8 Å². The summed E-state index contributed by atoms with van der Waals surface area (Å²) >= 11 is 3.44. The number of ether oxygens (including phenoxy) is 1. The molecule has 2 unspecified atom stereocenters. The number of rotatable bonds is 4. The lowest BCUT2D eigenvalue weighted by Gasteiger charge is -2.36. The summed E-state index contributed by atoms with van der Waals surface area (Å²) in [7, 11) is 0. The minimum atomic E-state index is 0.314. The van der Waals surface area contributed by atoms with Gasteiger partial charge in [-0.05, 0) is 41.9 Å². The lowest BCUT2D eigenvalue weighted by atomic mass is 10.1. The molecule has 22 heavy (non-hydrogen) atoms. The number of pyridine rings is 2. The van der Waals surface area contributed by atoms with Gasteiger partial charge in [-0.1, -0.05) is 0 Å². The lowest BCUT2D eigenvalue weighted by Crippen LogP contribution is -2.48. The summed E-state index contributed by atoms with van der Waals surface area (Å²) in [6.07, 6.45) is 3.64. The first kappa shape index (κ1) is 15.6. The maximum absolute atomic E-state index is 5.43. The van der Waals surface area contributed by atoms with E-state index in [1.807, 2.05) is 24.5 Å². The summed E-state index contributed by atoms with van der Waals surface area (Å²) in [5.74, 6) is 0. The highest BCUT2D eigenvalue weighted by molar-refractivity contribution is 9.10. The largest absolute Gasteiger partial charge is 0.379 e. The molecule has 2 atom stereocenters. The summed E-state index contributed by atoms with van der Waals surface area (Å²) in [5.41, 5.74) is 2.84. The normalized spacial score (nSPS) is 19.0. The van der Waals surface area contributed by atoms with Crippen molar-refractivity contribution in [3.63, 3.8) is 0 Å². The molecule has 5 nitrogen and oxygen atoms in total. The van der Waals surface area contributed by atoms with Crippen LogP contribution < -0.4 is 5.32 Å². The molecule has 1 fully saturated rings. The molecule has 6 heteroatoms. The summed E-state index contributed by atoms with van der Waals surface area (Å²) in [6.45, 7) is 8.11. The molecule has 1 aliphatic rings. The van der Waals surface area contributed by atoms with Crippen LogP contribution >= 0.6 is 15.9 Å². The van der Waals surface area contributed by atoms with E-state index >= 15 is 0 Å². The molecule has 0 saturated carbocycles. The zero-order valence-electron chi connectivity index (χ0n) is 12.9. The smallest absolute Gasteiger partial charge is 0.112 e. The predicted molar refractivity (Wildman–Crippen MR) is 92.2 cm³/mol. The van der Waals surface area contributed by atoms with Crippen molar-refractivity contribution in [2.75, 3.05) is 31.6 Å². The number of aromatic nitrogens is 2. The van der Waals surface area contributed by atoms with Crippen molar-refractivity contribution in [1.29, 1.82) is 0 Å². The van der Waals surface area contributed by atoms with Crippen molar-refractivity contribution in [1.82, 2.24) is 14.9 Å². The average Bonchev–Trinajstić information content (AvgIpc) is 2.55. The zero-order chi connectivity index (χ0) is 15.5. The second-order valence-corrected chi connectivity index (χ2v) is 6.62. The van der Waals surface area contributed by atoms with Gasteiger partial charge < -0.3 is 10.1 Å². The van der Waals surface area contributed by atoms with Gasteiger partial charge in [-0.3, -0.25) is 14.9 Å². The summed E-state index contributed by atoms with van der Waals surface area (Å²) < 4.78 is 6.38. The van der Waals surface area contributed by atoms with Crippen LogP contribution in [-0.2, 0) is 4.74 Å². The van der Waals surface area contributed by atoms with Gasteiger partial charge in [0.2, 0.25) is 0 Å². The van der Waals surface area contributed by atoms with Crippen LogP contribution in [0.3, 0.4) is 0 Å². The Balaban J connectivity index is 1.77. The van der Waals surface area contributed by atoms with Gasteiger partial charge in [0.05, 0.1) is 24.4 Å². The maximum atomic E-state index is 5.43. The van der Waals surface area contributed by atoms with Gasteiger partial charge in [-0.15, -0.1) is 0 Å². The van der Waals surface area contributed by atoms with E-state index in [4.69, 9.17) is 4.74 Å². The van der Waals surface area contributed by atoms with Gasteiger partial charge in [-0.2, -0.15) is 0 Å². The molecule has 0 radical (unpaired) electrons. The molecule has 1 N–H and O–H groups in total. The molecule has 1 saturated heterocycles. The molecule has 2 aromatic heterocycles. The molecule has 0 aliphatic carbocycles. The van der Waals surface area contributed by atoms with E-state index in [1.165, 1.54) is 0 Å². The number of hydrogen-bond donors (Lipinski definition) is 1. The Labute approximate surface area is 139 Å². The van der Waals surface area contributed by atoms with E-state index in [2.05, 4.69) is 50.0 Å². The highest BCUT2D eigenvalue weighted by Crippen LogP contribution is 2.23. The topological polar surface area (TPSA) is 50.3 Å². The van der Waals surface area contributed by atoms with Gasteiger partial charge in [0.1, 0.15) is 5.52 Å². The first-order valence-corrected chi connectivity index (χ1v) is 8.43. The van der Waals surface area contributed by atoms with Gasteiger partial charge in [0.15, 0.2) is 0 Å². The third kappa shape index (κ3) is 3.39. The van der Waals surface area contributed by atoms with Crippen LogP contribution in [0.25, 0.3) is 11.0 Å². The van der Waals surface area contributed by atoms with Crippen molar-refractivity contribution in [3.8, 4) is 0 Å². The number of anilines is 1. The molecule has 0 aromatic carbocycles. The highest BCUT2D eigenvalue weighted by atomic mass is 79.9. The van der Waals surface area contributed by atoms with Crippen LogP contribution in [0.5, 0.6) is 0 Å². The van der Waals surface area contributed by atoms with Gasteiger partial charge >= 0.3 is 0 Å². The first-order valence-electron chi connectivity index (χ1n) is 7.64. The Morgan fingerprint density at radius 3 is 2.82 bits per heavy atom. The Morgan fingerprint density at radius 1 is 1.27 bits per heavy atom. The van der Waals surface area contributed by atoms with Gasteiger partial charge in [-0.25, -0.2) is 0 Å². The molecular weight excluding hydrogens is 344 g/mol. The molecule has 0 amide bonds. The first-order chi connectivity index (χ1) is 10.6. The average molecular weight is 365 g/mol. The Hall–Kier alpha value is -1.24. The fraction of sp³-hybridized carbons (Fsp3) is 0.500. The lowest BCUT2D eigenvalue weighted by molar-refractivity contribution is 0.0176. The van der Waals surface area contributed by atoms with Crippen LogP contribution in [0, 0.1) is 0 Å². The third-order valence-electron chi connectivity index (χ3n) is 4.27.